The molecule has 22 heavy (non-hydrogen) atoms. The van der Waals surface area contributed by atoms with E-state index < -0.39 is 0 Å². The van der Waals surface area contributed by atoms with E-state index in [-0.39, 0.29) is 17.9 Å². The summed E-state index contributed by atoms with van der Waals surface area (Å²) in [7, 11) is 3.39. The highest BCUT2D eigenvalue weighted by Gasteiger charge is 2.34. The number of carbonyl (C=O) groups excluding carboxylic acids is 1. The number of allylic oxidation sites excluding steroid dienone is 1. The molecule has 0 radical (unpaired) electrons. The Balaban J connectivity index is 2.22. The van der Waals surface area contributed by atoms with Gasteiger partial charge in [0.05, 0.1) is 19.0 Å². The molecule has 6 heteroatoms. The summed E-state index contributed by atoms with van der Waals surface area (Å²) in [5, 5.41) is 9.78. The molecule has 1 N–H and O–H groups in total. The van der Waals surface area contributed by atoms with Crippen LogP contribution in [-0.2, 0) is 0 Å². The van der Waals surface area contributed by atoms with Crippen molar-refractivity contribution in [1.29, 1.82) is 0 Å². The Morgan fingerprint density at radius 3 is 2.95 bits per heavy atom. The number of carbonyl (C=O) groups is 1. The molecule has 0 bridgehead atoms. The van der Waals surface area contributed by atoms with E-state index in [4.69, 9.17) is 0 Å². The van der Waals surface area contributed by atoms with Gasteiger partial charge in [-0.25, -0.2) is 4.98 Å². The quantitative estimate of drug-likeness (QED) is 0.831. The normalized spacial score (nSPS) is 21.5. The zero-order valence-corrected chi connectivity index (χ0v) is 13.3. The number of aromatic nitrogens is 2. The standard InChI is InChI=1S/C16H24N4O2/c1-4-6-16(12-21)7-5-8-20(11-16)14-10-17-9-13(18-14)15(22)19(2)3/h4,9-10,21H,1,5-8,11-12H2,2-3H3. The fraction of sp³-hybridized carbons (Fsp3) is 0.562. The van der Waals surface area contributed by atoms with Crippen LogP contribution in [0.1, 0.15) is 29.8 Å². The zero-order valence-electron chi connectivity index (χ0n) is 13.3. The van der Waals surface area contributed by atoms with E-state index in [2.05, 4.69) is 21.4 Å². The molecule has 1 fully saturated rings. The first-order valence-corrected chi connectivity index (χ1v) is 7.52. The number of amides is 1. The number of rotatable bonds is 5. The summed E-state index contributed by atoms with van der Waals surface area (Å²) in [5.74, 6) is 0.528. The Labute approximate surface area is 131 Å². The lowest BCUT2D eigenvalue weighted by molar-refractivity contribution is 0.0821. The highest BCUT2D eigenvalue weighted by molar-refractivity contribution is 5.91. The largest absolute Gasteiger partial charge is 0.396 e. The van der Waals surface area contributed by atoms with Gasteiger partial charge < -0.3 is 14.9 Å². The van der Waals surface area contributed by atoms with E-state index in [0.717, 1.165) is 25.8 Å². The minimum absolute atomic E-state index is 0.124. The van der Waals surface area contributed by atoms with Crippen molar-refractivity contribution in [2.45, 2.75) is 19.3 Å². The molecule has 0 aromatic carbocycles. The average Bonchev–Trinajstić information content (AvgIpc) is 2.54. The Hall–Kier alpha value is -1.95. The predicted octanol–water partition coefficient (Wildman–Crippen LogP) is 1.33. The van der Waals surface area contributed by atoms with Gasteiger partial charge in [0.2, 0.25) is 0 Å². The summed E-state index contributed by atoms with van der Waals surface area (Å²) >= 11 is 0. The van der Waals surface area contributed by atoms with Crippen molar-refractivity contribution < 1.29 is 9.90 Å². The van der Waals surface area contributed by atoms with Gasteiger partial charge >= 0.3 is 0 Å². The van der Waals surface area contributed by atoms with Crippen LogP contribution in [0.25, 0.3) is 0 Å². The lowest BCUT2D eigenvalue weighted by Gasteiger charge is -2.41. The maximum Gasteiger partial charge on any atom is 0.273 e. The van der Waals surface area contributed by atoms with Crippen LogP contribution in [0, 0.1) is 5.41 Å². The SMILES string of the molecule is C=CCC1(CO)CCCN(c2cncc(C(=O)N(C)C)n2)C1. The molecule has 1 aromatic heterocycles. The van der Waals surface area contributed by atoms with Crippen molar-refractivity contribution in [3.8, 4) is 0 Å². The van der Waals surface area contributed by atoms with Crippen molar-refractivity contribution in [2.24, 2.45) is 5.41 Å². The van der Waals surface area contributed by atoms with Crippen LogP contribution in [0.5, 0.6) is 0 Å². The summed E-state index contributed by atoms with van der Waals surface area (Å²) in [6.45, 7) is 5.47. The first-order valence-electron chi connectivity index (χ1n) is 7.52. The molecule has 120 valence electrons. The van der Waals surface area contributed by atoms with Crippen LogP contribution in [0.2, 0.25) is 0 Å². The smallest absolute Gasteiger partial charge is 0.273 e. The second-order valence-corrected chi connectivity index (χ2v) is 6.14. The van der Waals surface area contributed by atoms with Crippen molar-refractivity contribution in [1.82, 2.24) is 14.9 Å². The molecule has 0 saturated carbocycles. The zero-order chi connectivity index (χ0) is 16.2. The molecule has 2 heterocycles. The second-order valence-electron chi connectivity index (χ2n) is 6.14. The van der Waals surface area contributed by atoms with Crippen LogP contribution in [0.15, 0.2) is 25.0 Å². The summed E-state index contributed by atoms with van der Waals surface area (Å²) in [5.41, 5.74) is 0.162. The van der Waals surface area contributed by atoms with Gasteiger partial charge in [0.15, 0.2) is 0 Å². The fourth-order valence-electron chi connectivity index (χ4n) is 2.91. The van der Waals surface area contributed by atoms with E-state index in [1.54, 1.807) is 20.3 Å². The summed E-state index contributed by atoms with van der Waals surface area (Å²) in [6.07, 6.45) is 7.73. The van der Waals surface area contributed by atoms with E-state index >= 15 is 0 Å². The summed E-state index contributed by atoms with van der Waals surface area (Å²) in [4.78, 5) is 24.2. The minimum Gasteiger partial charge on any atom is -0.396 e. The van der Waals surface area contributed by atoms with Crippen molar-refractivity contribution in [3.05, 3.63) is 30.7 Å². The van der Waals surface area contributed by atoms with Gasteiger partial charge in [0.25, 0.3) is 5.91 Å². The second kappa shape index (κ2) is 6.87. The number of aliphatic hydroxyl groups is 1. The highest BCUT2D eigenvalue weighted by atomic mass is 16.3. The summed E-state index contributed by atoms with van der Waals surface area (Å²) in [6, 6.07) is 0. The molecule has 1 aliphatic heterocycles. The first-order chi connectivity index (χ1) is 10.5. The Bertz CT molecular complexity index is 547. The van der Waals surface area contributed by atoms with Gasteiger partial charge in [-0.3, -0.25) is 9.78 Å². The number of hydrogen-bond acceptors (Lipinski definition) is 5. The Morgan fingerprint density at radius 1 is 1.55 bits per heavy atom. The molecule has 0 aliphatic carbocycles. The molecular formula is C16H24N4O2. The van der Waals surface area contributed by atoms with E-state index in [0.29, 0.717) is 18.1 Å². The molecule has 2 rings (SSSR count). The van der Waals surface area contributed by atoms with E-state index in [1.165, 1.54) is 11.1 Å². The first kappa shape index (κ1) is 16.4. The third-order valence-electron chi connectivity index (χ3n) is 4.15. The molecule has 1 aromatic rings. The van der Waals surface area contributed by atoms with Gasteiger partial charge in [-0.1, -0.05) is 6.08 Å². The van der Waals surface area contributed by atoms with Gasteiger partial charge in [-0.2, -0.15) is 0 Å². The molecule has 0 spiro atoms. The minimum atomic E-state index is -0.177. The van der Waals surface area contributed by atoms with Gasteiger partial charge in [0.1, 0.15) is 11.5 Å². The lowest BCUT2D eigenvalue weighted by Crippen LogP contribution is -2.45. The topological polar surface area (TPSA) is 69.6 Å². The Morgan fingerprint density at radius 2 is 2.32 bits per heavy atom. The molecule has 1 unspecified atom stereocenters. The molecule has 1 saturated heterocycles. The lowest BCUT2D eigenvalue weighted by atomic mass is 9.78. The highest BCUT2D eigenvalue weighted by Crippen LogP contribution is 2.34. The van der Waals surface area contributed by atoms with E-state index in [1.807, 2.05) is 6.08 Å². The van der Waals surface area contributed by atoms with Crippen LogP contribution >= 0.6 is 0 Å². The van der Waals surface area contributed by atoms with Crippen LogP contribution in [0.3, 0.4) is 0 Å². The maximum atomic E-state index is 12.0. The van der Waals surface area contributed by atoms with Crippen molar-refractivity contribution >= 4 is 11.7 Å². The van der Waals surface area contributed by atoms with Gasteiger partial charge in [-0.15, -0.1) is 6.58 Å². The number of nitrogens with zero attached hydrogens (tertiary/aromatic N) is 4. The third kappa shape index (κ3) is 3.44. The third-order valence-corrected chi connectivity index (χ3v) is 4.15. The molecule has 1 amide bonds. The molecule has 6 nitrogen and oxygen atoms in total. The predicted molar refractivity (Wildman–Crippen MR) is 85.8 cm³/mol. The fourth-order valence-corrected chi connectivity index (χ4v) is 2.91. The van der Waals surface area contributed by atoms with Crippen molar-refractivity contribution in [2.75, 3.05) is 38.7 Å². The van der Waals surface area contributed by atoms with Gasteiger partial charge in [-0.05, 0) is 19.3 Å². The van der Waals surface area contributed by atoms with E-state index in [9.17, 15) is 9.90 Å². The summed E-state index contributed by atoms with van der Waals surface area (Å²) < 4.78 is 0. The number of piperidine rings is 1. The monoisotopic (exact) mass is 304 g/mol. The van der Waals surface area contributed by atoms with Crippen LogP contribution in [0.4, 0.5) is 5.82 Å². The van der Waals surface area contributed by atoms with Crippen LogP contribution < -0.4 is 4.90 Å². The van der Waals surface area contributed by atoms with Gasteiger partial charge in [0, 0.05) is 32.6 Å². The molecular weight excluding hydrogens is 280 g/mol. The van der Waals surface area contributed by atoms with Crippen LogP contribution in [-0.4, -0.2) is 59.7 Å². The average molecular weight is 304 g/mol. The molecule has 1 aliphatic rings. The number of aliphatic hydroxyl groups excluding tert-OH is 1. The molecule has 1 atom stereocenters. The number of hydrogen-bond donors (Lipinski definition) is 1. The maximum absolute atomic E-state index is 12.0. The number of anilines is 1. The van der Waals surface area contributed by atoms with Crippen molar-refractivity contribution in [3.63, 3.8) is 0 Å². The Kier molecular flexibility index (Phi) is 5.13.